The van der Waals surface area contributed by atoms with Crippen molar-refractivity contribution in [2.75, 3.05) is 18.5 Å². The molecule has 0 unspecified atom stereocenters. The van der Waals surface area contributed by atoms with Crippen LogP contribution >= 0.6 is 11.8 Å². The quantitative estimate of drug-likeness (QED) is 0.760. The number of hydrogen-bond donors (Lipinski definition) is 2. The van der Waals surface area contributed by atoms with E-state index in [-0.39, 0.29) is 15.5 Å². The van der Waals surface area contributed by atoms with Crippen LogP contribution in [0.5, 0.6) is 0 Å². The highest BCUT2D eigenvalue weighted by molar-refractivity contribution is 8.00. The molecule has 1 aromatic rings. The highest BCUT2D eigenvalue weighted by Crippen LogP contribution is 2.30. The molecule has 0 saturated heterocycles. The average molecular weight is 320 g/mol. The maximum atomic E-state index is 12.3. The summed E-state index contributed by atoms with van der Waals surface area (Å²) in [5.41, 5.74) is 5.68. The van der Waals surface area contributed by atoms with Crippen molar-refractivity contribution in [1.29, 1.82) is 0 Å². The number of rotatable bonds is 8. The van der Waals surface area contributed by atoms with Crippen molar-refractivity contribution in [3.05, 3.63) is 6.20 Å². The van der Waals surface area contributed by atoms with E-state index in [1.54, 1.807) is 11.8 Å². The number of aromatic nitrogens is 2. The lowest BCUT2D eigenvalue weighted by molar-refractivity contribution is 0.522. The van der Waals surface area contributed by atoms with Crippen molar-refractivity contribution in [3.8, 4) is 0 Å². The van der Waals surface area contributed by atoms with Gasteiger partial charge in [0.05, 0.1) is 0 Å². The van der Waals surface area contributed by atoms with Crippen LogP contribution in [0.15, 0.2) is 11.1 Å². The van der Waals surface area contributed by atoms with E-state index in [2.05, 4.69) is 23.7 Å². The molecule has 1 rings (SSSR count). The first-order valence-electron chi connectivity index (χ1n) is 6.71. The van der Waals surface area contributed by atoms with Crippen LogP contribution in [0, 0.1) is 0 Å². The van der Waals surface area contributed by atoms with E-state index >= 15 is 0 Å². The second-order valence-electron chi connectivity index (χ2n) is 4.65. The number of thioether (sulfide) groups is 1. The largest absolute Gasteiger partial charge is 0.381 e. The lowest BCUT2D eigenvalue weighted by Crippen LogP contribution is -2.39. The second kappa shape index (κ2) is 6.82. The highest BCUT2D eigenvalue weighted by Gasteiger charge is 2.29. The van der Waals surface area contributed by atoms with Gasteiger partial charge in [-0.1, -0.05) is 13.8 Å². The molecule has 1 heterocycles. The summed E-state index contributed by atoms with van der Waals surface area (Å²) < 4.78 is 28.7. The van der Waals surface area contributed by atoms with Gasteiger partial charge in [-0.25, -0.2) is 13.1 Å². The van der Waals surface area contributed by atoms with E-state index < -0.39 is 10.0 Å². The molecule has 0 saturated carbocycles. The van der Waals surface area contributed by atoms with Crippen molar-refractivity contribution in [2.24, 2.45) is 0 Å². The molecule has 3 N–H and O–H groups in total. The Balaban J connectivity index is 2.92. The number of anilines is 1. The van der Waals surface area contributed by atoms with Crippen molar-refractivity contribution in [2.45, 2.75) is 49.8 Å². The summed E-state index contributed by atoms with van der Waals surface area (Å²) in [5.74, 6) is 0.0436. The van der Waals surface area contributed by atoms with Gasteiger partial charge < -0.3 is 5.73 Å². The first-order valence-corrected chi connectivity index (χ1v) is 9.42. The fourth-order valence-corrected chi connectivity index (χ4v) is 4.04. The fraction of sp³-hybridized carbons (Fsp3) is 0.750. The molecule has 0 atom stereocenters. The number of nitrogen functional groups attached to an aromatic ring is 1. The van der Waals surface area contributed by atoms with E-state index in [1.807, 2.05) is 13.2 Å². The zero-order valence-corrected chi connectivity index (χ0v) is 14.1. The molecule has 0 bridgehead atoms. The van der Waals surface area contributed by atoms with Crippen LogP contribution in [0.3, 0.4) is 0 Å². The van der Waals surface area contributed by atoms with E-state index in [0.29, 0.717) is 13.1 Å². The number of nitrogens with zero attached hydrogens (tertiary/aromatic N) is 2. The molecule has 0 radical (unpaired) electrons. The summed E-state index contributed by atoms with van der Waals surface area (Å²) in [5, 5.41) is 3.97. The lowest BCUT2D eigenvalue weighted by atomic mass is 10.0. The Hall–Kier alpha value is -0.730. The molecule has 0 aliphatic rings. The number of sulfonamides is 1. The van der Waals surface area contributed by atoms with Crippen molar-refractivity contribution in [1.82, 2.24) is 14.5 Å². The first-order chi connectivity index (χ1) is 9.34. The Morgan fingerprint density at radius 2 is 2.00 bits per heavy atom. The van der Waals surface area contributed by atoms with Gasteiger partial charge in [0.1, 0.15) is 4.90 Å². The number of aryl methyl sites for hydroxylation is 1. The van der Waals surface area contributed by atoms with E-state index in [0.717, 1.165) is 12.8 Å². The zero-order chi connectivity index (χ0) is 15.4. The molecule has 0 fully saturated rings. The summed E-state index contributed by atoms with van der Waals surface area (Å²) in [7, 11) is -3.62. The molecule has 1 aromatic heterocycles. The normalized spacial score (nSPS) is 12.8. The van der Waals surface area contributed by atoms with Crippen LogP contribution in [0.4, 0.5) is 5.82 Å². The zero-order valence-electron chi connectivity index (χ0n) is 12.5. The van der Waals surface area contributed by atoms with Gasteiger partial charge in [-0.05, 0) is 26.0 Å². The third kappa shape index (κ3) is 3.67. The summed E-state index contributed by atoms with van der Waals surface area (Å²) in [6.45, 7) is 6.98. The smallest absolute Gasteiger partial charge is 0.245 e. The van der Waals surface area contributed by atoms with Crippen LogP contribution in [0.25, 0.3) is 0 Å². The third-order valence-corrected chi connectivity index (χ3v) is 6.68. The van der Waals surface area contributed by atoms with E-state index in [4.69, 9.17) is 5.73 Å². The van der Waals surface area contributed by atoms with Crippen LogP contribution in [0.2, 0.25) is 0 Å². The monoisotopic (exact) mass is 320 g/mol. The van der Waals surface area contributed by atoms with Gasteiger partial charge in [-0.2, -0.15) is 16.9 Å². The van der Waals surface area contributed by atoms with Crippen molar-refractivity contribution >= 4 is 27.6 Å². The molecule has 0 spiro atoms. The predicted molar refractivity (Wildman–Crippen MR) is 84.3 cm³/mol. The Bertz CT molecular complexity index is 527. The summed E-state index contributed by atoms with van der Waals surface area (Å²) in [6.07, 6.45) is 5.27. The molecule has 0 aliphatic carbocycles. The third-order valence-electron chi connectivity index (χ3n) is 3.67. The van der Waals surface area contributed by atoms with Crippen LogP contribution in [-0.4, -0.2) is 35.7 Å². The van der Waals surface area contributed by atoms with E-state index in [1.165, 1.54) is 10.9 Å². The molecule has 116 valence electrons. The average Bonchev–Trinajstić information content (AvgIpc) is 2.83. The van der Waals surface area contributed by atoms with Gasteiger partial charge in [-0.3, -0.25) is 4.68 Å². The van der Waals surface area contributed by atoms with Gasteiger partial charge >= 0.3 is 0 Å². The summed E-state index contributed by atoms with van der Waals surface area (Å²) in [6, 6.07) is 0. The molecule has 6 nitrogen and oxygen atoms in total. The topological polar surface area (TPSA) is 90.0 Å². The summed E-state index contributed by atoms with van der Waals surface area (Å²) in [4.78, 5) is 0.0570. The number of nitrogens with one attached hydrogen (secondary N) is 1. The van der Waals surface area contributed by atoms with Crippen LogP contribution < -0.4 is 10.5 Å². The van der Waals surface area contributed by atoms with E-state index in [9.17, 15) is 8.42 Å². The first kappa shape index (κ1) is 17.3. The molecule has 8 heteroatoms. The Morgan fingerprint density at radius 3 is 2.40 bits per heavy atom. The molecule has 0 aromatic carbocycles. The molecular weight excluding hydrogens is 296 g/mol. The highest BCUT2D eigenvalue weighted by atomic mass is 32.2. The van der Waals surface area contributed by atoms with Gasteiger partial charge in [0, 0.05) is 24.0 Å². The molecule has 20 heavy (non-hydrogen) atoms. The number of nitrogens with two attached hydrogens (primary N) is 1. The summed E-state index contributed by atoms with van der Waals surface area (Å²) >= 11 is 1.69. The number of hydrogen-bond acceptors (Lipinski definition) is 5. The fourth-order valence-electron chi connectivity index (χ4n) is 1.95. The van der Waals surface area contributed by atoms with Crippen LogP contribution in [0.1, 0.15) is 33.6 Å². The Kier molecular flexibility index (Phi) is 5.91. The van der Waals surface area contributed by atoms with Gasteiger partial charge in [0.15, 0.2) is 5.82 Å². The minimum Gasteiger partial charge on any atom is -0.381 e. The SMILES string of the molecule is CCn1cc(S(=O)(=O)NCC(CC)(CC)SC)c(N)n1. The molecular formula is C12H24N4O2S2. The van der Waals surface area contributed by atoms with Crippen molar-refractivity contribution in [3.63, 3.8) is 0 Å². The van der Waals surface area contributed by atoms with Crippen LogP contribution in [-0.2, 0) is 16.6 Å². The lowest BCUT2D eigenvalue weighted by Gasteiger charge is -2.29. The van der Waals surface area contributed by atoms with Gasteiger partial charge in [0.25, 0.3) is 0 Å². The Morgan fingerprint density at radius 1 is 1.40 bits per heavy atom. The van der Waals surface area contributed by atoms with Gasteiger partial charge in [-0.15, -0.1) is 0 Å². The minimum atomic E-state index is -3.62. The minimum absolute atomic E-state index is 0.0436. The predicted octanol–water partition coefficient (Wildman–Crippen LogP) is 1.69. The Labute approximate surface area is 125 Å². The van der Waals surface area contributed by atoms with Gasteiger partial charge in [0.2, 0.25) is 10.0 Å². The molecule has 0 amide bonds. The molecule has 0 aliphatic heterocycles. The second-order valence-corrected chi connectivity index (χ2v) is 7.66. The standard InChI is InChI=1S/C12H24N4O2S2/c1-5-12(6-2,19-4)9-14-20(17,18)10-8-16(7-3)15-11(10)13/h8,14H,5-7,9H2,1-4H3,(H2,13,15). The maximum absolute atomic E-state index is 12.3. The maximum Gasteiger partial charge on any atom is 0.245 e. The van der Waals surface area contributed by atoms with Crippen molar-refractivity contribution < 1.29 is 8.42 Å².